The molecule has 12 aromatic rings. The molecule has 63 heavy (non-hydrogen) atoms. The Morgan fingerprint density at radius 1 is 0.317 bits per heavy atom. The number of hydrogen-bond donors (Lipinski definition) is 0. The minimum absolute atomic E-state index is 1.07. The molecule has 0 unspecified atom stereocenters. The van der Waals surface area contributed by atoms with Gasteiger partial charge in [-0.1, -0.05) is 206 Å². The van der Waals surface area contributed by atoms with Crippen LogP contribution < -0.4 is 10.4 Å². The first kappa shape index (κ1) is 36.1. The number of hydrogen-bond acceptors (Lipinski definition) is 1. The Hall–Kier alpha value is -7.58. The third kappa shape index (κ3) is 5.67. The molecule has 0 amide bonds. The Labute approximate surface area is 370 Å². The van der Waals surface area contributed by atoms with Crippen molar-refractivity contribution in [2.75, 3.05) is 0 Å². The average molecular weight is 817 g/mol. The molecule has 1 aliphatic rings. The summed E-state index contributed by atoms with van der Waals surface area (Å²) in [5, 5.41) is 15.5. The van der Waals surface area contributed by atoms with Crippen molar-refractivity contribution in [1.82, 2.24) is 0 Å². The summed E-state index contributed by atoms with van der Waals surface area (Å²) in [5.74, 6) is 0. The highest BCUT2D eigenvalue weighted by molar-refractivity contribution is 7.26. The highest BCUT2D eigenvalue weighted by atomic mass is 32.1. The van der Waals surface area contributed by atoms with Gasteiger partial charge in [0.1, 0.15) is 0 Å². The van der Waals surface area contributed by atoms with Gasteiger partial charge in [0, 0.05) is 25.7 Å². The fourth-order valence-electron chi connectivity index (χ4n) is 10.8. The van der Waals surface area contributed by atoms with Crippen molar-refractivity contribution in [2.24, 2.45) is 0 Å². The van der Waals surface area contributed by atoms with Crippen LogP contribution in [0.2, 0.25) is 0 Å². The normalized spacial score (nSPS) is 12.7. The second-order valence-corrected chi connectivity index (χ2v) is 18.0. The summed E-state index contributed by atoms with van der Waals surface area (Å²) in [6, 6.07) is 79.2. The second-order valence-electron chi connectivity index (χ2n) is 16.9. The standard InChI is InChI=1S/C62H40S/c1-2-17-41(18-3-1)58-46-21-6-8-23-48(46)60(49-24-9-7-22-47(49)58)43-36-37-57-56(38-43)54-30-15-31-55(62(54)63-57)61-52-27-12-10-25-50(52)59(51-26-11-13-28-53(51)61)42-34-32-40(33-35-42)45-29-14-19-39-16-4-5-20-44(39)45/h1-13,15-28,30-38H,14,29H2. The van der Waals surface area contributed by atoms with Crippen molar-refractivity contribution >= 4 is 86.2 Å². The number of fused-ring (bicyclic) bond motifs is 8. The van der Waals surface area contributed by atoms with E-state index in [1.165, 1.54) is 129 Å². The molecule has 0 saturated carbocycles. The summed E-state index contributed by atoms with van der Waals surface area (Å²) >= 11 is 1.92. The van der Waals surface area contributed by atoms with Crippen LogP contribution in [-0.2, 0) is 0 Å². The lowest BCUT2D eigenvalue weighted by Crippen LogP contribution is -2.29. The van der Waals surface area contributed by atoms with Crippen LogP contribution in [0.25, 0.3) is 119 Å². The molecule has 0 fully saturated rings. The van der Waals surface area contributed by atoms with Gasteiger partial charge in [0.05, 0.1) is 0 Å². The van der Waals surface area contributed by atoms with E-state index >= 15 is 0 Å². The van der Waals surface area contributed by atoms with Crippen LogP contribution in [-0.4, -0.2) is 0 Å². The average Bonchev–Trinajstić information content (AvgIpc) is 3.73. The third-order valence-electron chi connectivity index (χ3n) is 13.5. The molecule has 1 heteroatoms. The molecule has 0 radical (unpaired) electrons. The van der Waals surface area contributed by atoms with Crippen molar-refractivity contribution in [3.05, 3.63) is 228 Å². The molecule has 1 aliphatic carbocycles. The van der Waals surface area contributed by atoms with Gasteiger partial charge in [-0.25, -0.2) is 0 Å². The van der Waals surface area contributed by atoms with E-state index in [2.05, 4.69) is 218 Å². The van der Waals surface area contributed by atoms with Crippen LogP contribution in [0.4, 0.5) is 0 Å². The van der Waals surface area contributed by atoms with Gasteiger partial charge >= 0.3 is 0 Å². The molecule has 294 valence electrons. The molecule has 1 heterocycles. The van der Waals surface area contributed by atoms with Gasteiger partial charge in [-0.15, -0.1) is 11.3 Å². The molecule has 0 N–H and O–H groups in total. The molecule has 0 aliphatic heterocycles. The third-order valence-corrected chi connectivity index (χ3v) is 14.8. The van der Waals surface area contributed by atoms with Crippen LogP contribution in [0, 0.1) is 0 Å². The topological polar surface area (TPSA) is 0 Å². The van der Waals surface area contributed by atoms with Crippen LogP contribution in [0.1, 0.15) is 18.4 Å². The first-order valence-corrected chi connectivity index (χ1v) is 22.9. The highest BCUT2D eigenvalue weighted by Crippen LogP contribution is 2.49. The van der Waals surface area contributed by atoms with Gasteiger partial charge in [0.2, 0.25) is 0 Å². The van der Waals surface area contributed by atoms with Crippen molar-refractivity contribution in [2.45, 2.75) is 12.8 Å². The van der Waals surface area contributed by atoms with Gasteiger partial charge in [-0.05, 0) is 129 Å². The smallest absolute Gasteiger partial charge is 0.0434 e. The lowest BCUT2D eigenvalue weighted by Gasteiger charge is -2.18. The molecular weight excluding hydrogens is 777 g/mol. The maximum atomic E-state index is 2.46. The first-order chi connectivity index (χ1) is 31.3. The number of rotatable bonds is 5. The SMILES string of the molecule is C1=c2ccccc2=C(c2ccc(-c3c4ccccc4c(-c4cccc5c4sc4ccc(-c6c7ccccc7c(-c7ccccc7)c7ccccc67)cc45)c4ccccc34)cc2)CC1. The van der Waals surface area contributed by atoms with Gasteiger partial charge < -0.3 is 0 Å². The molecular formula is C62H40S. The van der Waals surface area contributed by atoms with Gasteiger partial charge in [0.15, 0.2) is 0 Å². The number of benzene rings is 11. The second kappa shape index (κ2) is 14.5. The fourth-order valence-corrected chi connectivity index (χ4v) is 12.0. The molecule has 0 bridgehead atoms. The molecule has 0 atom stereocenters. The summed E-state index contributed by atoms with van der Waals surface area (Å²) < 4.78 is 2.63. The van der Waals surface area contributed by atoms with Crippen molar-refractivity contribution in [3.8, 4) is 44.5 Å². The van der Waals surface area contributed by atoms with E-state index in [0.717, 1.165) is 12.8 Å². The monoisotopic (exact) mass is 816 g/mol. The molecule has 0 nitrogen and oxygen atoms in total. The molecule has 13 rings (SSSR count). The summed E-state index contributed by atoms with van der Waals surface area (Å²) in [6.07, 6.45) is 4.52. The van der Waals surface area contributed by atoms with Crippen molar-refractivity contribution in [3.63, 3.8) is 0 Å². The minimum atomic E-state index is 1.07. The zero-order valence-corrected chi connectivity index (χ0v) is 35.4. The first-order valence-electron chi connectivity index (χ1n) is 22.1. The van der Waals surface area contributed by atoms with Gasteiger partial charge in [-0.2, -0.15) is 0 Å². The van der Waals surface area contributed by atoms with Crippen LogP contribution in [0.15, 0.2) is 212 Å². The Kier molecular flexibility index (Phi) is 8.32. The van der Waals surface area contributed by atoms with E-state index in [4.69, 9.17) is 0 Å². The van der Waals surface area contributed by atoms with Gasteiger partial charge in [0.25, 0.3) is 0 Å². The fraction of sp³-hybridized carbons (Fsp3) is 0.0323. The Bertz CT molecular complexity index is 3830. The maximum Gasteiger partial charge on any atom is 0.0434 e. The quantitative estimate of drug-likeness (QED) is 0.152. The van der Waals surface area contributed by atoms with E-state index in [0.29, 0.717) is 0 Å². The lowest BCUT2D eigenvalue weighted by molar-refractivity contribution is 1.08. The van der Waals surface area contributed by atoms with Crippen molar-refractivity contribution in [1.29, 1.82) is 0 Å². The zero-order chi connectivity index (χ0) is 41.4. The molecule has 0 saturated heterocycles. The predicted octanol–water partition coefficient (Wildman–Crippen LogP) is 16.1. The van der Waals surface area contributed by atoms with E-state index in [9.17, 15) is 0 Å². The zero-order valence-electron chi connectivity index (χ0n) is 34.6. The molecule has 11 aromatic carbocycles. The lowest BCUT2D eigenvalue weighted by atomic mass is 9.85. The Balaban J connectivity index is 1.00. The van der Waals surface area contributed by atoms with E-state index in [1.807, 2.05) is 11.3 Å². The summed E-state index contributed by atoms with van der Waals surface area (Å²) in [7, 11) is 0. The Morgan fingerprint density at radius 3 is 1.38 bits per heavy atom. The van der Waals surface area contributed by atoms with Crippen LogP contribution in [0.3, 0.4) is 0 Å². The van der Waals surface area contributed by atoms with E-state index < -0.39 is 0 Å². The van der Waals surface area contributed by atoms with E-state index in [-0.39, 0.29) is 0 Å². The minimum Gasteiger partial charge on any atom is -0.135 e. The molecule has 1 aromatic heterocycles. The molecule has 0 spiro atoms. The summed E-state index contributed by atoms with van der Waals surface area (Å²) in [5.41, 5.74) is 13.0. The highest BCUT2D eigenvalue weighted by Gasteiger charge is 2.21. The Morgan fingerprint density at radius 2 is 0.778 bits per heavy atom. The largest absolute Gasteiger partial charge is 0.135 e. The summed E-state index contributed by atoms with van der Waals surface area (Å²) in [4.78, 5) is 0. The van der Waals surface area contributed by atoms with Crippen LogP contribution in [0.5, 0.6) is 0 Å². The number of thiophene rings is 1. The summed E-state index contributed by atoms with van der Waals surface area (Å²) in [6.45, 7) is 0. The van der Waals surface area contributed by atoms with Crippen molar-refractivity contribution < 1.29 is 0 Å². The van der Waals surface area contributed by atoms with Gasteiger partial charge in [-0.3, -0.25) is 0 Å². The maximum absolute atomic E-state index is 2.46. The van der Waals surface area contributed by atoms with Crippen LogP contribution >= 0.6 is 11.3 Å². The predicted molar refractivity (Wildman–Crippen MR) is 273 cm³/mol. The van der Waals surface area contributed by atoms with E-state index in [1.54, 1.807) is 0 Å².